The van der Waals surface area contributed by atoms with E-state index in [1.807, 2.05) is 11.9 Å². The Kier molecular flexibility index (Phi) is 4.87. The summed E-state index contributed by atoms with van der Waals surface area (Å²) in [5.41, 5.74) is 0. The summed E-state index contributed by atoms with van der Waals surface area (Å²) in [5.74, 6) is 0.892. The van der Waals surface area contributed by atoms with Crippen molar-refractivity contribution in [1.29, 1.82) is 0 Å². The monoisotopic (exact) mass is 335 g/mol. The summed E-state index contributed by atoms with van der Waals surface area (Å²) in [6, 6.07) is 0.440. The fourth-order valence-corrected chi connectivity index (χ4v) is 3.82. The standard InChI is InChI=1S/C17H26FN5O/c1-21(2)16-14(18)9-19-17(20-16)22(3)10-12-8-15(24)23(11-12)13-6-4-5-7-13/h9,12-13H,4-8,10-11H2,1-3H3. The van der Waals surface area contributed by atoms with Crippen LogP contribution in [0.5, 0.6) is 0 Å². The first-order valence-electron chi connectivity index (χ1n) is 8.66. The number of carbonyl (C=O) groups excluding carboxylic acids is 1. The zero-order valence-electron chi connectivity index (χ0n) is 14.7. The van der Waals surface area contributed by atoms with Gasteiger partial charge in [-0.05, 0) is 12.8 Å². The van der Waals surface area contributed by atoms with E-state index >= 15 is 0 Å². The number of hydrogen-bond acceptors (Lipinski definition) is 5. The van der Waals surface area contributed by atoms with Crippen LogP contribution in [0.2, 0.25) is 0 Å². The predicted octanol–water partition coefficient (Wildman–Crippen LogP) is 1.91. The smallest absolute Gasteiger partial charge is 0.227 e. The minimum Gasteiger partial charge on any atom is -0.360 e. The summed E-state index contributed by atoms with van der Waals surface area (Å²) in [7, 11) is 5.41. The van der Waals surface area contributed by atoms with Gasteiger partial charge in [-0.25, -0.2) is 9.37 Å². The molecule has 1 unspecified atom stereocenters. The second kappa shape index (κ2) is 6.91. The lowest BCUT2D eigenvalue weighted by atomic mass is 10.1. The summed E-state index contributed by atoms with van der Waals surface area (Å²) < 4.78 is 13.7. The topological polar surface area (TPSA) is 52.6 Å². The van der Waals surface area contributed by atoms with Crippen LogP contribution >= 0.6 is 0 Å². The summed E-state index contributed by atoms with van der Waals surface area (Å²) in [4.78, 5) is 26.3. The molecule has 0 bridgehead atoms. The average Bonchev–Trinajstić information content (AvgIpc) is 3.16. The van der Waals surface area contributed by atoms with Gasteiger partial charge in [-0.3, -0.25) is 4.79 Å². The number of rotatable bonds is 5. The molecule has 24 heavy (non-hydrogen) atoms. The molecule has 1 aromatic heterocycles. The van der Waals surface area contributed by atoms with E-state index in [1.54, 1.807) is 19.0 Å². The van der Waals surface area contributed by atoms with Gasteiger partial charge in [0.05, 0.1) is 6.20 Å². The number of nitrogens with zero attached hydrogens (tertiary/aromatic N) is 5. The van der Waals surface area contributed by atoms with Crippen molar-refractivity contribution in [2.45, 2.75) is 38.1 Å². The van der Waals surface area contributed by atoms with E-state index in [1.165, 1.54) is 19.0 Å². The van der Waals surface area contributed by atoms with Gasteiger partial charge in [-0.1, -0.05) is 12.8 Å². The molecule has 1 saturated carbocycles. The zero-order valence-corrected chi connectivity index (χ0v) is 14.7. The maximum Gasteiger partial charge on any atom is 0.227 e. The normalized spacial score (nSPS) is 21.6. The third-order valence-electron chi connectivity index (χ3n) is 5.01. The maximum atomic E-state index is 13.7. The lowest BCUT2D eigenvalue weighted by Crippen LogP contribution is -2.35. The first kappa shape index (κ1) is 16.9. The molecule has 0 N–H and O–H groups in total. The van der Waals surface area contributed by atoms with Crippen LogP contribution in [0.3, 0.4) is 0 Å². The second-order valence-electron chi connectivity index (χ2n) is 7.17. The average molecular weight is 335 g/mol. The molecular formula is C17H26FN5O. The molecule has 0 radical (unpaired) electrons. The van der Waals surface area contributed by atoms with Gasteiger partial charge in [0.25, 0.3) is 0 Å². The van der Waals surface area contributed by atoms with Crippen molar-refractivity contribution in [3.05, 3.63) is 12.0 Å². The molecule has 2 aliphatic rings. The van der Waals surface area contributed by atoms with Gasteiger partial charge < -0.3 is 14.7 Å². The van der Waals surface area contributed by atoms with Crippen molar-refractivity contribution < 1.29 is 9.18 Å². The summed E-state index contributed by atoms with van der Waals surface area (Å²) in [6.45, 7) is 1.52. The fourth-order valence-electron chi connectivity index (χ4n) is 3.82. The Morgan fingerprint density at radius 1 is 1.29 bits per heavy atom. The fraction of sp³-hybridized carbons (Fsp3) is 0.706. The lowest BCUT2D eigenvalue weighted by molar-refractivity contribution is -0.129. The van der Waals surface area contributed by atoms with Crippen LogP contribution in [0.4, 0.5) is 16.2 Å². The van der Waals surface area contributed by atoms with Gasteiger partial charge in [0.2, 0.25) is 11.9 Å². The predicted molar refractivity (Wildman–Crippen MR) is 91.7 cm³/mol. The molecule has 2 fully saturated rings. The maximum absolute atomic E-state index is 13.7. The van der Waals surface area contributed by atoms with Crippen molar-refractivity contribution >= 4 is 17.7 Å². The first-order chi connectivity index (χ1) is 11.5. The van der Waals surface area contributed by atoms with Crippen LogP contribution in [-0.2, 0) is 4.79 Å². The number of halogens is 1. The molecule has 0 aromatic carbocycles. The molecular weight excluding hydrogens is 309 g/mol. The Balaban J connectivity index is 1.64. The van der Waals surface area contributed by atoms with Crippen LogP contribution in [0.1, 0.15) is 32.1 Å². The van der Waals surface area contributed by atoms with E-state index in [-0.39, 0.29) is 17.6 Å². The Morgan fingerprint density at radius 2 is 2.00 bits per heavy atom. The molecule has 7 heteroatoms. The highest BCUT2D eigenvalue weighted by molar-refractivity contribution is 5.79. The Labute approximate surface area is 142 Å². The van der Waals surface area contributed by atoms with E-state index in [4.69, 9.17) is 0 Å². The Hall–Kier alpha value is -1.92. The lowest BCUT2D eigenvalue weighted by Gasteiger charge is -2.25. The van der Waals surface area contributed by atoms with E-state index in [0.717, 1.165) is 19.4 Å². The quantitative estimate of drug-likeness (QED) is 0.823. The Bertz CT molecular complexity index is 603. The summed E-state index contributed by atoms with van der Waals surface area (Å²) >= 11 is 0. The molecule has 0 spiro atoms. The number of carbonyl (C=O) groups is 1. The number of hydrogen-bond donors (Lipinski definition) is 0. The van der Waals surface area contributed by atoms with Gasteiger partial charge in [0.15, 0.2) is 11.6 Å². The van der Waals surface area contributed by atoms with Gasteiger partial charge >= 0.3 is 0 Å². The van der Waals surface area contributed by atoms with E-state index < -0.39 is 5.82 Å². The van der Waals surface area contributed by atoms with Crippen molar-refractivity contribution in [3.63, 3.8) is 0 Å². The second-order valence-corrected chi connectivity index (χ2v) is 7.17. The molecule has 132 valence electrons. The Morgan fingerprint density at radius 3 is 2.67 bits per heavy atom. The number of anilines is 2. The highest BCUT2D eigenvalue weighted by atomic mass is 19.1. The molecule has 1 aliphatic heterocycles. The molecule has 6 nitrogen and oxygen atoms in total. The van der Waals surface area contributed by atoms with Crippen molar-refractivity contribution in [2.75, 3.05) is 44.0 Å². The van der Waals surface area contributed by atoms with E-state index in [0.29, 0.717) is 25.0 Å². The van der Waals surface area contributed by atoms with Gasteiger partial charge in [-0.15, -0.1) is 0 Å². The van der Waals surface area contributed by atoms with E-state index in [2.05, 4.69) is 14.9 Å². The van der Waals surface area contributed by atoms with Crippen LogP contribution in [0, 0.1) is 11.7 Å². The highest BCUT2D eigenvalue weighted by Gasteiger charge is 2.36. The summed E-state index contributed by atoms with van der Waals surface area (Å²) in [5, 5.41) is 0. The van der Waals surface area contributed by atoms with Crippen LogP contribution in [0.15, 0.2) is 6.20 Å². The summed E-state index contributed by atoms with van der Waals surface area (Å²) in [6.07, 6.45) is 6.54. The molecule has 3 rings (SSSR count). The third kappa shape index (κ3) is 3.44. The molecule has 2 heterocycles. The van der Waals surface area contributed by atoms with Gasteiger partial charge in [0, 0.05) is 52.6 Å². The largest absolute Gasteiger partial charge is 0.360 e. The molecule has 1 amide bonds. The minimum absolute atomic E-state index is 0.273. The van der Waals surface area contributed by atoms with Crippen LogP contribution < -0.4 is 9.80 Å². The molecule has 1 atom stereocenters. The van der Waals surface area contributed by atoms with Crippen LogP contribution in [-0.4, -0.2) is 61.0 Å². The highest BCUT2D eigenvalue weighted by Crippen LogP contribution is 2.30. The number of aromatic nitrogens is 2. The third-order valence-corrected chi connectivity index (χ3v) is 5.01. The molecule has 1 aromatic rings. The van der Waals surface area contributed by atoms with Gasteiger partial charge in [0.1, 0.15) is 0 Å². The number of likely N-dealkylation sites (tertiary alicyclic amines) is 1. The van der Waals surface area contributed by atoms with Crippen molar-refractivity contribution in [1.82, 2.24) is 14.9 Å². The first-order valence-corrected chi connectivity index (χ1v) is 8.66. The van der Waals surface area contributed by atoms with Crippen molar-refractivity contribution in [2.24, 2.45) is 5.92 Å². The minimum atomic E-state index is -0.430. The van der Waals surface area contributed by atoms with E-state index in [9.17, 15) is 9.18 Å². The van der Waals surface area contributed by atoms with Crippen molar-refractivity contribution in [3.8, 4) is 0 Å². The molecule has 1 aliphatic carbocycles. The number of amides is 1. The SMILES string of the molecule is CN(C)c1nc(N(C)CC2CC(=O)N(C3CCCC3)C2)ncc1F. The zero-order chi connectivity index (χ0) is 17.3. The van der Waals surface area contributed by atoms with Gasteiger partial charge in [-0.2, -0.15) is 4.98 Å². The van der Waals surface area contributed by atoms with Crippen LogP contribution in [0.25, 0.3) is 0 Å². The molecule has 1 saturated heterocycles.